The minimum absolute atomic E-state index is 0.0433. The SMILES string of the molecule is CNc1cc2c(cn1)c(-c1cnn(C(C)(C)C#N)c1)nn2[C@H]1CC[C@@H](OC2=NC(C)N=C2)CC1. The predicted molar refractivity (Wildman–Crippen MR) is 131 cm³/mol. The standard InChI is InChI=1S/C24H29N9O/c1-15-27-12-22(30-15)34-18-7-5-17(6-8-18)33-20-9-21(26-4)28-11-19(20)23(31-33)16-10-29-32(13-16)24(2,3)14-25/h9-13,15,17-18H,5-8H2,1-4H3,(H,26,28)/t15?,17-,18+. The van der Waals surface area contributed by atoms with Gasteiger partial charge in [0.15, 0.2) is 0 Å². The van der Waals surface area contributed by atoms with E-state index in [2.05, 4.69) is 36.1 Å². The summed E-state index contributed by atoms with van der Waals surface area (Å²) >= 11 is 0. The van der Waals surface area contributed by atoms with Crippen molar-refractivity contribution in [2.45, 2.75) is 70.3 Å². The number of hydrogen-bond acceptors (Lipinski definition) is 8. The number of fused-ring (bicyclic) bond motifs is 1. The van der Waals surface area contributed by atoms with Crippen molar-refractivity contribution in [1.29, 1.82) is 5.26 Å². The number of nitrogens with one attached hydrogen (secondary N) is 1. The van der Waals surface area contributed by atoms with Crippen molar-refractivity contribution in [1.82, 2.24) is 24.5 Å². The Morgan fingerprint density at radius 1 is 1.21 bits per heavy atom. The number of hydrogen-bond donors (Lipinski definition) is 1. The van der Waals surface area contributed by atoms with E-state index in [1.165, 1.54) is 0 Å². The lowest BCUT2D eigenvalue weighted by Crippen LogP contribution is -2.26. The van der Waals surface area contributed by atoms with Gasteiger partial charge in [-0.2, -0.15) is 15.5 Å². The fourth-order valence-electron chi connectivity index (χ4n) is 4.52. The van der Waals surface area contributed by atoms with Gasteiger partial charge in [-0.15, -0.1) is 0 Å². The molecule has 1 fully saturated rings. The van der Waals surface area contributed by atoms with Crippen molar-refractivity contribution < 1.29 is 4.74 Å². The molecule has 0 bridgehead atoms. The van der Waals surface area contributed by atoms with Gasteiger partial charge in [0.1, 0.15) is 29.3 Å². The van der Waals surface area contributed by atoms with Gasteiger partial charge >= 0.3 is 0 Å². The van der Waals surface area contributed by atoms with Gasteiger partial charge in [-0.1, -0.05) is 0 Å². The number of aromatic nitrogens is 5. The summed E-state index contributed by atoms with van der Waals surface area (Å²) in [6.45, 7) is 5.63. The van der Waals surface area contributed by atoms with E-state index in [-0.39, 0.29) is 18.3 Å². The first-order valence-corrected chi connectivity index (χ1v) is 11.7. The van der Waals surface area contributed by atoms with Crippen LogP contribution in [-0.2, 0) is 10.3 Å². The van der Waals surface area contributed by atoms with Crippen LogP contribution in [0.4, 0.5) is 5.82 Å². The van der Waals surface area contributed by atoms with Crippen molar-refractivity contribution in [3.05, 3.63) is 24.7 Å². The minimum Gasteiger partial charge on any atom is -0.473 e. The second-order valence-electron chi connectivity index (χ2n) is 9.40. The van der Waals surface area contributed by atoms with E-state index in [1.807, 2.05) is 46.3 Å². The van der Waals surface area contributed by atoms with Crippen molar-refractivity contribution in [2.24, 2.45) is 9.98 Å². The van der Waals surface area contributed by atoms with Crippen LogP contribution >= 0.6 is 0 Å². The van der Waals surface area contributed by atoms with Gasteiger partial charge in [0.05, 0.1) is 30.0 Å². The highest BCUT2D eigenvalue weighted by Gasteiger charge is 2.28. The maximum Gasteiger partial charge on any atom is 0.229 e. The third kappa shape index (κ3) is 4.02. The van der Waals surface area contributed by atoms with Crippen LogP contribution < -0.4 is 5.32 Å². The Bertz CT molecular complexity index is 1300. The second kappa shape index (κ2) is 8.56. The monoisotopic (exact) mass is 459 g/mol. The molecule has 1 unspecified atom stereocenters. The zero-order valence-electron chi connectivity index (χ0n) is 19.9. The Morgan fingerprint density at radius 3 is 2.68 bits per heavy atom. The van der Waals surface area contributed by atoms with Gasteiger partial charge in [-0.25, -0.2) is 9.98 Å². The molecular weight excluding hydrogens is 430 g/mol. The number of nitriles is 1. The lowest BCUT2D eigenvalue weighted by Gasteiger charge is -2.29. The number of aliphatic imine (C=N–C) groups is 2. The van der Waals surface area contributed by atoms with Crippen LogP contribution in [-0.4, -0.2) is 56.0 Å². The first kappa shape index (κ1) is 22.1. The fourth-order valence-corrected chi connectivity index (χ4v) is 4.52. The predicted octanol–water partition coefficient (Wildman–Crippen LogP) is 3.92. The number of nitrogens with zero attached hydrogens (tertiary/aromatic N) is 8. The van der Waals surface area contributed by atoms with E-state index in [0.717, 1.165) is 53.7 Å². The molecule has 10 nitrogen and oxygen atoms in total. The molecule has 34 heavy (non-hydrogen) atoms. The van der Waals surface area contributed by atoms with Crippen molar-refractivity contribution in [3.8, 4) is 17.3 Å². The quantitative estimate of drug-likeness (QED) is 0.618. The molecule has 1 saturated carbocycles. The molecule has 10 heteroatoms. The molecule has 0 spiro atoms. The van der Waals surface area contributed by atoms with Crippen LogP contribution in [0.1, 0.15) is 52.5 Å². The van der Waals surface area contributed by atoms with Gasteiger partial charge in [-0.05, 0) is 46.5 Å². The molecule has 5 rings (SSSR count). The molecule has 1 aliphatic heterocycles. The third-order valence-corrected chi connectivity index (χ3v) is 6.54. The molecule has 1 N–H and O–H groups in total. The zero-order chi connectivity index (χ0) is 23.9. The highest BCUT2D eigenvalue weighted by atomic mass is 16.5. The molecule has 3 aromatic rings. The van der Waals surface area contributed by atoms with Gasteiger partial charge in [0.2, 0.25) is 5.90 Å². The Hall–Kier alpha value is -3.74. The summed E-state index contributed by atoms with van der Waals surface area (Å²) in [6.07, 6.45) is 11.1. The summed E-state index contributed by atoms with van der Waals surface area (Å²) in [7, 11) is 1.86. The molecule has 4 heterocycles. The van der Waals surface area contributed by atoms with E-state index in [4.69, 9.17) is 9.84 Å². The number of ether oxygens (including phenoxy) is 1. The van der Waals surface area contributed by atoms with Gasteiger partial charge in [-0.3, -0.25) is 14.4 Å². The van der Waals surface area contributed by atoms with Gasteiger partial charge in [0.25, 0.3) is 0 Å². The van der Waals surface area contributed by atoms with Gasteiger partial charge in [0, 0.05) is 36.5 Å². The van der Waals surface area contributed by atoms with E-state index in [9.17, 15) is 5.26 Å². The fraction of sp³-hybridized carbons (Fsp3) is 0.500. The summed E-state index contributed by atoms with van der Waals surface area (Å²) in [5, 5.41) is 23.1. The third-order valence-electron chi connectivity index (χ3n) is 6.54. The van der Waals surface area contributed by atoms with E-state index in [1.54, 1.807) is 17.1 Å². The van der Waals surface area contributed by atoms with Crippen molar-refractivity contribution in [3.63, 3.8) is 0 Å². The van der Waals surface area contributed by atoms with E-state index in [0.29, 0.717) is 5.90 Å². The molecule has 0 amide bonds. The number of anilines is 1. The molecule has 3 aromatic heterocycles. The summed E-state index contributed by atoms with van der Waals surface area (Å²) in [6, 6.07) is 4.59. The van der Waals surface area contributed by atoms with Crippen LogP contribution in [0.3, 0.4) is 0 Å². The maximum atomic E-state index is 9.48. The highest BCUT2D eigenvalue weighted by Crippen LogP contribution is 2.36. The number of pyridine rings is 1. The molecule has 176 valence electrons. The maximum absolute atomic E-state index is 9.48. The Labute approximate surface area is 198 Å². The summed E-state index contributed by atoms with van der Waals surface area (Å²) in [5.74, 6) is 1.44. The van der Waals surface area contributed by atoms with E-state index >= 15 is 0 Å². The van der Waals surface area contributed by atoms with E-state index < -0.39 is 5.54 Å². The summed E-state index contributed by atoms with van der Waals surface area (Å²) in [5.41, 5.74) is 2.00. The topological polar surface area (TPSA) is 118 Å². The minimum atomic E-state index is -0.737. The van der Waals surface area contributed by atoms with Crippen LogP contribution in [0.2, 0.25) is 0 Å². The van der Waals surface area contributed by atoms with Crippen LogP contribution in [0.5, 0.6) is 0 Å². The average Bonchev–Trinajstić information content (AvgIpc) is 3.58. The Morgan fingerprint density at radius 2 is 2.00 bits per heavy atom. The Kier molecular flexibility index (Phi) is 5.55. The Balaban J connectivity index is 1.43. The molecule has 1 aliphatic carbocycles. The normalized spacial score (nSPS) is 22.6. The lowest BCUT2D eigenvalue weighted by molar-refractivity contribution is 0.123. The van der Waals surface area contributed by atoms with Crippen molar-refractivity contribution in [2.75, 3.05) is 12.4 Å². The highest BCUT2D eigenvalue weighted by molar-refractivity contribution is 6.27. The van der Waals surface area contributed by atoms with Crippen LogP contribution in [0.25, 0.3) is 22.2 Å². The molecule has 0 radical (unpaired) electrons. The first-order chi connectivity index (χ1) is 16.4. The summed E-state index contributed by atoms with van der Waals surface area (Å²) < 4.78 is 9.88. The molecule has 0 saturated heterocycles. The van der Waals surface area contributed by atoms with Crippen molar-refractivity contribution >= 4 is 28.8 Å². The number of rotatable bonds is 5. The zero-order valence-corrected chi connectivity index (χ0v) is 19.9. The van der Waals surface area contributed by atoms with Crippen LogP contribution in [0.15, 0.2) is 34.6 Å². The first-order valence-electron chi connectivity index (χ1n) is 11.7. The second-order valence-corrected chi connectivity index (χ2v) is 9.40. The molecule has 1 atom stereocenters. The summed E-state index contributed by atoms with van der Waals surface area (Å²) in [4.78, 5) is 13.2. The average molecular weight is 460 g/mol. The molecular formula is C24H29N9O. The smallest absolute Gasteiger partial charge is 0.229 e. The largest absolute Gasteiger partial charge is 0.473 e. The van der Waals surface area contributed by atoms with Crippen LogP contribution in [0, 0.1) is 11.3 Å². The lowest BCUT2D eigenvalue weighted by atomic mass is 9.93. The molecule has 2 aliphatic rings. The molecule has 0 aromatic carbocycles. The van der Waals surface area contributed by atoms with Gasteiger partial charge < -0.3 is 10.1 Å².